The minimum Gasteiger partial charge on any atom is -0.480 e. The fourth-order valence-electron chi connectivity index (χ4n) is 1.57. The molecule has 1 aromatic carbocycles. The van der Waals surface area contributed by atoms with E-state index in [0.717, 1.165) is 12.0 Å². The quantitative estimate of drug-likeness (QED) is 0.865. The van der Waals surface area contributed by atoms with Crippen LogP contribution in [0.3, 0.4) is 0 Å². The highest BCUT2D eigenvalue weighted by atomic mass is 16.4. The highest BCUT2D eigenvalue weighted by Gasteiger charge is 2.23. The van der Waals surface area contributed by atoms with Gasteiger partial charge in [-0.3, -0.25) is 4.79 Å². The Morgan fingerprint density at radius 2 is 1.94 bits per heavy atom. The van der Waals surface area contributed by atoms with Gasteiger partial charge in [-0.2, -0.15) is 0 Å². The second kappa shape index (κ2) is 5.48. The van der Waals surface area contributed by atoms with Crippen LogP contribution >= 0.6 is 0 Å². The second-order valence-corrected chi connectivity index (χ2v) is 3.94. The molecule has 0 spiro atoms. The van der Waals surface area contributed by atoms with E-state index in [1.807, 2.05) is 19.1 Å². The number of hydrogen-bond donors (Lipinski definition) is 1. The fraction of sp³-hybridized carbons (Fsp3) is 0.385. The van der Waals surface area contributed by atoms with Crippen molar-refractivity contribution >= 4 is 11.9 Å². The van der Waals surface area contributed by atoms with Crippen LogP contribution in [0.15, 0.2) is 24.3 Å². The number of carboxylic acids is 1. The number of rotatable bonds is 4. The molecule has 1 amide bonds. The van der Waals surface area contributed by atoms with Crippen LogP contribution < -0.4 is 0 Å². The molecule has 1 rings (SSSR count). The summed E-state index contributed by atoms with van der Waals surface area (Å²) in [6, 6.07) is 6.44. The largest absolute Gasteiger partial charge is 0.480 e. The summed E-state index contributed by atoms with van der Waals surface area (Å²) >= 11 is 0. The van der Waals surface area contributed by atoms with Gasteiger partial charge in [0, 0.05) is 12.6 Å². The van der Waals surface area contributed by atoms with Gasteiger partial charge in [0.1, 0.15) is 6.04 Å². The Balaban J connectivity index is 3.00. The molecule has 1 unspecified atom stereocenters. The van der Waals surface area contributed by atoms with Crippen molar-refractivity contribution in [2.75, 3.05) is 7.05 Å². The molecule has 0 fully saturated rings. The maximum Gasteiger partial charge on any atom is 0.326 e. The molecule has 4 heteroatoms. The van der Waals surface area contributed by atoms with E-state index in [1.54, 1.807) is 12.1 Å². The zero-order chi connectivity index (χ0) is 13.0. The maximum absolute atomic E-state index is 12.1. The summed E-state index contributed by atoms with van der Waals surface area (Å²) in [6.07, 6.45) is 0.747. The zero-order valence-corrected chi connectivity index (χ0v) is 10.3. The minimum atomic E-state index is -1.00. The number of nitrogens with zero attached hydrogens (tertiary/aromatic N) is 1. The topological polar surface area (TPSA) is 57.6 Å². The SMILES string of the molecule is CCc1ccccc1C(=O)N(C)C(C)C(=O)O. The van der Waals surface area contributed by atoms with Gasteiger partial charge in [-0.15, -0.1) is 0 Å². The molecule has 0 saturated heterocycles. The van der Waals surface area contributed by atoms with Crippen molar-refractivity contribution in [3.8, 4) is 0 Å². The molecule has 4 nitrogen and oxygen atoms in total. The lowest BCUT2D eigenvalue weighted by molar-refractivity contribution is -0.141. The number of amides is 1. The summed E-state index contributed by atoms with van der Waals surface area (Å²) in [5, 5.41) is 8.88. The van der Waals surface area contributed by atoms with Crippen LogP contribution in [-0.4, -0.2) is 35.0 Å². The number of aliphatic carboxylic acids is 1. The Kier molecular flexibility index (Phi) is 4.26. The second-order valence-electron chi connectivity index (χ2n) is 3.94. The van der Waals surface area contributed by atoms with Crippen LogP contribution in [0.4, 0.5) is 0 Å². The third-order valence-corrected chi connectivity index (χ3v) is 2.89. The monoisotopic (exact) mass is 235 g/mol. The Morgan fingerprint density at radius 3 is 2.47 bits per heavy atom. The van der Waals surface area contributed by atoms with Gasteiger partial charge in [-0.25, -0.2) is 4.79 Å². The first-order chi connectivity index (χ1) is 7.99. The van der Waals surface area contributed by atoms with Gasteiger partial charge in [-0.05, 0) is 25.0 Å². The van der Waals surface area contributed by atoms with E-state index in [-0.39, 0.29) is 5.91 Å². The number of benzene rings is 1. The summed E-state index contributed by atoms with van der Waals surface area (Å²) in [7, 11) is 1.51. The lowest BCUT2D eigenvalue weighted by atomic mass is 10.0. The molecule has 0 heterocycles. The first-order valence-electron chi connectivity index (χ1n) is 5.56. The molecule has 0 radical (unpaired) electrons. The van der Waals surface area contributed by atoms with Crippen LogP contribution in [0.2, 0.25) is 0 Å². The molecule has 0 aliphatic rings. The average molecular weight is 235 g/mol. The van der Waals surface area contributed by atoms with Crippen molar-refractivity contribution in [1.82, 2.24) is 4.90 Å². The van der Waals surface area contributed by atoms with Crippen LogP contribution in [0.25, 0.3) is 0 Å². The number of carboxylic acid groups (broad SMARTS) is 1. The van der Waals surface area contributed by atoms with Crippen LogP contribution in [0, 0.1) is 0 Å². The molecule has 0 aliphatic carbocycles. The molecule has 1 N–H and O–H groups in total. The molecule has 0 aromatic heterocycles. The molecule has 1 atom stereocenters. The molecule has 17 heavy (non-hydrogen) atoms. The molecular formula is C13H17NO3. The van der Waals surface area contributed by atoms with Crippen molar-refractivity contribution in [3.63, 3.8) is 0 Å². The van der Waals surface area contributed by atoms with Crippen LogP contribution in [0.5, 0.6) is 0 Å². The predicted octanol–water partition coefficient (Wildman–Crippen LogP) is 1.79. The number of hydrogen-bond acceptors (Lipinski definition) is 2. The lowest BCUT2D eigenvalue weighted by Crippen LogP contribution is -2.40. The Hall–Kier alpha value is -1.84. The molecule has 0 saturated carbocycles. The van der Waals surface area contributed by atoms with Crippen molar-refractivity contribution in [1.29, 1.82) is 0 Å². The minimum absolute atomic E-state index is 0.252. The van der Waals surface area contributed by atoms with Gasteiger partial charge in [0.2, 0.25) is 0 Å². The Labute approximate surface area is 101 Å². The average Bonchev–Trinajstić information content (AvgIpc) is 2.35. The van der Waals surface area contributed by atoms with E-state index in [9.17, 15) is 9.59 Å². The number of likely N-dealkylation sites (N-methyl/N-ethyl adjacent to an activating group) is 1. The summed E-state index contributed by atoms with van der Waals surface area (Å²) in [5.74, 6) is -1.26. The normalized spacial score (nSPS) is 11.9. The van der Waals surface area contributed by atoms with Gasteiger partial charge in [0.05, 0.1) is 0 Å². The lowest BCUT2D eigenvalue weighted by Gasteiger charge is -2.22. The van der Waals surface area contributed by atoms with E-state index < -0.39 is 12.0 Å². The Bertz CT molecular complexity index is 428. The number of carbonyl (C=O) groups excluding carboxylic acids is 1. The highest BCUT2D eigenvalue weighted by molar-refractivity contribution is 5.97. The van der Waals surface area contributed by atoms with Crippen molar-refractivity contribution in [2.45, 2.75) is 26.3 Å². The van der Waals surface area contributed by atoms with Crippen molar-refractivity contribution in [2.24, 2.45) is 0 Å². The summed E-state index contributed by atoms with van der Waals surface area (Å²) in [4.78, 5) is 24.2. The molecule has 0 aliphatic heterocycles. The third kappa shape index (κ3) is 2.84. The summed E-state index contributed by atoms with van der Waals surface area (Å²) < 4.78 is 0. The third-order valence-electron chi connectivity index (χ3n) is 2.89. The highest BCUT2D eigenvalue weighted by Crippen LogP contribution is 2.13. The zero-order valence-electron chi connectivity index (χ0n) is 10.3. The van der Waals surface area contributed by atoms with E-state index in [4.69, 9.17) is 5.11 Å². The molecular weight excluding hydrogens is 218 g/mol. The number of carbonyl (C=O) groups is 2. The van der Waals surface area contributed by atoms with E-state index in [0.29, 0.717) is 5.56 Å². The smallest absolute Gasteiger partial charge is 0.326 e. The standard InChI is InChI=1S/C13H17NO3/c1-4-10-7-5-6-8-11(10)12(15)14(3)9(2)13(16)17/h5-9H,4H2,1-3H3,(H,16,17). The summed E-state index contributed by atoms with van der Waals surface area (Å²) in [6.45, 7) is 3.46. The van der Waals surface area contributed by atoms with Gasteiger partial charge in [0.15, 0.2) is 0 Å². The van der Waals surface area contributed by atoms with E-state index in [2.05, 4.69) is 0 Å². The molecule has 92 valence electrons. The van der Waals surface area contributed by atoms with Crippen LogP contribution in [-0.2, 0) is 11.2 Å². The Morgan fingerprint density at radius 1 is 1.35 bits per heavy atom. The van der Waals surface area contributed by atoms with E-state index >= 15 is 0 Å². The van der Waals surface area contributed by atoms with Gasteiger partial charge in [0.25, 0.3) is 5.91 Å². The van der Waals surface area contributed by atoms with Crippen molar-refractivity contribution < 1.29 is 14.7 Å². The predicted molar refractivity (Wildman–Crippen MR) is 65.0 cm³/mol. The maximum atomic E-state index is 12.1. The molecule has 0 bridgehead atoms. The first-order valence-corrected chi connectivity index (χ1v) is 5.56. The van der Waals surface area contributed by atoms with E-state index in [1.165, 1.54) is 18.9 Å². The van der Waals surface area contributed by atoms with Gasteiger partial charge < -0.3 is 10.0 Å². The van der Waals surface area contributed by atoms with Crippen molar-refractivity contribution in [3.05, 3.63) is 35.4 Å². The molecule has 1 aromatic rings. The summed E-state index contributed by atoms with van der Waals surface area (Å²) in [5.41, 5.74) is 1.51. The van der Waals surface area contributed by atoms with Gasteiger partial charge in [-0.1, -0.05) is 25.1 Å². The fourth-order valence-corrected chi connectivity index (χ4v) is 1.57. The van der Waals surface area contributed by atoms with Crippen LogP contribution in [0.1, 0.15) is 29.8 Å². The first kappa shape index (κ1) is 13.2. The number of aryl methyl sites for hydroxylation is 1. The van der Waals surface area contributed by atoms with Gasteiger partial charge >= 0.3 is 5.97 Å².